The number of alkyl halides is 3. The summed E-state index contributed by atoms with van der Waals surface area (Å²) in [7, 11) is 1.40. The molecule has 12 heteroatoms. The van der Waals surface area contributed by atoms with E-state index in [1.807, 2.05) is 0 Å². The topological polar surface area (TPSA) is 98.0 Å². The maximum atomic E-state index is 13.3. The number of rotatable bonds is 7. The molecule has 1 fully saturated rings. The van der Waals surface area contributed by atoms with Gasteiger partial charge in [-0.1, -0.05) is 5.92 Å². The third-order valence-electron chi connectivity index (χ3n) is 4.09. The van der Waals surface area contributed by atoms with Crippen molar-refractivity contribution in [2.45, 2.75) is 38.0 Å². The number of terminal acetylenes is 1. The molecule has 29 heavy (non-hydrogen) atoms. The van der Waals surface area contributed by atoms with Crippen LogP contribution in [0.2, 0.25) is 0 Å². The summed E-state index contributed by atoms with van der Waals surface area (Å²) in [4.78, 5) is 36.1. The Balaban J connectivity index is 2.46. The Morgan fingerprint density at radius 3 is 2.66 bits per heavy atom. The molecular weight excluding hydrogens is 401 g/mol. The summed E-state index contributed by atoms with van der Waals surface area (Å²) in [6.07, 6.45) is -2.36. The van der Waals surface area contributed by atoms with Crippen LogP contribution in [0.25, 0.3) is 0 Å². The van der Waals surface area contributed by atoms with Gasteiger partial charge in [-0.3, -0.25) is 14.2 Å². The highest BCUT2D eigenvalue weighted by Crippen LogP contribution is 2.32. The summed E-state index contributed by atoms with van der Waals surface area (Å²) in [5.74, 6) is 1.10. The smallest absolute Gasteiger partial charge is 0.363 e. The molecule has 0 aromatic carbocycles. The quantitative estimate of drug-likeness (QED) is 0.362. The second-order valence-electron chi connectivity index (χ2n) is 6.09. The molecule has 2 heterocycles. The summed E-state index contributed by atoms with van der Waals surface area (Å²) < 4.78 is 61.2. The van der Waals surface area contributed by atoms with Gasteiger partial charge in [0.2, 0.25) is 5.91 Å². The lowest BCUT2D eigenvalue weighted by molar-refractivity contribution is -0.140. The van der Waals surface area contributed by atoms with Crippen molar-refractivity contribution in [3.8, 4) is 12.3 Å². The molecule has 1 aliphatic rings. The number of halogens is 3. The van der Waals surface area contributed by atoms with E-state index in [0.717, 1.165) is 6.92 Å². The number of ether oxygens (including phenoxy) is 4. The minimum atomic E-state index is -5.08. The number of hydrogen-bond acceptors (Lipinski definition) is 7. The number of carbonyl (C=O) groups is 1. The molecule has 1 aromatic rings. The summed E-state index contributed by atoms with van der Waals surface area (Å²) >= 11 is 0. The molecule has 0 radical (unpaired) electrons. The minimum Gasteiger partial charge on any atom is -0.363 e. The summed E-state index contributed by atoms with van der Waals surface area (Å²) in [6.45, 7) is 0.590. The van der Waals surface area contributed by atoms with E-state index in [4.69, 9.17) is 25.4 Å². The first-order valence-corrected chi connectivity index (χ1v) is 8.35. The van der Waals surface area contributed by atoms with Crippen molar-refractivity contribution in [1.29, 1.82) is 0 Å². The van der Waals surface area contributed by atoms with Crippen molar-refractivity contribution in [2.24, 2.45) is 0 Å². The van der Waals surface area contributed by atoms with Gasteiger partial charge in [0.25, 0.3) is 5.56 Å². The van der Waals surface area contributed by atoms with Crippen LogP contribution in [-0.2, 0) is 25.1 Å². The van der Waals surface area contributed by atoms with Crippen LogP contribution in [0.3, 0.4) is 0 Å². The van der Waals surface area contributed by atoms with Crippen LogP contribution in [0, 0.1) is 12.3 Å². The largest absolute Gasteiger partial charge is 0.423 e. The fraction of sp³-hybridized carbons (Fsp3) is 0.588. The van der Waals surface area contributed by atoms with E-state index in [-0.39, 0.29) is 31.0 Å². The molecule has 0 bridgehead atoms. The highest BCUT2D eigenvalue weighted by Gasteiger charge is 2.41. The summed E-state index contributed by atoms with van der Waals surface area (Å²) in [5, 5.41) is 0. The molecule has 0 N–H and O–H groups in total. The monoisotopic (exact) mass is 420 g/mol. The number of hydrogen-bond donors (Lipinski definition) is 0. The van der Waals surface area contributed by atoms with Crippen LogP contribution in [0.5, 0.6) is 0 Å². The molecular formula is C17H19F3N2O7. The Hall–Kier alpha value is -2.46. The van der Waals surface area contributed by atoms with Crippen molar-refractivity contribution in [1.82, 2.24) is 9.13 Å². The lowest BCUT2D eigenvalue weighted by Crippen LogP contribution is -2.46. The average molecular weight is 420 g/mol. The van der Waals surface area contributed by atoms with Crippen molar-refractivity contribution in [3.63, 3.8) is 0 Å². The first-order chi connectivity index (χ1) is 13.6. The Morgan fingerprint density at radius 2 is 2.10 bits per heavy atom. The molecule has 0 spiro atoms. The van der Waals surface area contributed by atoms with Gasteiger partial charge in [0, 0.05) is 26.7 Å². The number of methoxy groups -OCH3 is 1. The normalized spacial score (nSPS) is 21.9. The Morgan fingerprint density at radius 1 is 1.41 bits per heavy atom. The first-order valence-electron chi connectivity index (χ1n) is 8.35. The van der Waals surface area contributed by atoms with Gasteiger partial charge in [0.15, 0.2) is 0 Å². The molecule has 0 amide bonds. The van der Waals surface area contributed by atoms with Gasteiger partial charge < -0.3 is 18.9 Å². The molecule has 2 rings (SSSR count). The van der Waals surface area contributed by atoms with E-state index < -0.39 is 47.3 Å². The van der Waals surface area contributed by atoms with Crippen molar-refractivity contribution in [2.75, 3.05) is 27.1 Å². The summed E-state index contributed by atoms with van der Waals surface area (Å²) in [6, 6.07) is 0. The van der Waals surface area contributed by atoms with Gasteiger partial charge in [-0.15, -0.1) is 6.42 Å². The van der Waals surface area contributed by atoms with Gasteiger partial charge in [-0.25, -0.2) is 4.79 Å². The highest BCUT2D eigenvalue weighted by molar-refractivity contribution is 5.75. The maximum Gasteiger partial charge on any atom is 0.423 e. The van der Waals surface area contributed by atoms with Crippen molar-refractivity contribution >= 4 is 5.91 Å². The molecule has 0 saturated carbocycles. The van der Waals surface area contributed by atoms with E-state index in [0.29, 0.717) is 10.8 Å². The minimum absolute atomic E-state index is 0.0488. The van der Waals surface area contributed by atoms with Gasteiger partial charge in [0.05, 0.1) is 12.7 Å². The molecule has 3 atom stereocenters. The molecule has 1 saturated heterocycles. The summed E-state index contributed by atoms with van der Waals surface area (Å²) in [5.41, 5.74) is -4.67. The molecule has 160 valence electrons. The maximum absolute atomic E-state index is 13.3. The Bertz CT molecular complexity index is 900. The zero-order valence-electron chi connectivity index (χ0n) is 15.6. The van der Waals surface area contributed by atoms with E-state index in [9.17, 15) is 27.6 Å². The zero-order valence-corrected chi connectivity index (χ0v) is 15.6. The van der Waals surface area contributed by atoms with Crippen LogP contribution in [0.15, 0.2) is 15.8 Å². The second kappa shape index (κ2) is 9.36. The third-order valence-corrected chi connectivity index (χ3v) is 4.09. The average Bonchev–Trinajstić information content (AvgIpc) is 3.01. The first kappa shape index (κ1) is 22.8. The zero-order chi connectivity index (χ0) is 21.8. The van der Waals surface area contributed by atoms with Gasteiger partial charge in [-0.2, -0.15) is 17.7 Å². The van der Waals surface area contributed by atoms with E-state index >= 15 is 0 Å². The van der Waals surface area contributed by atoms with Crippen LogP contribution < -0.4 is 11.2 Å². The fourth-order valence-corrected chi connectivity index (χ4v) is 2.85. The fourth-order valence-electron chi connectivity index (χ4n) is 2.85. The van der Waals surface area contributed by atoms with E-state index in [1.165, 1.54) is 7.11 Å². The van der Waals surface area contributed by atoms with Crippen LogP contribution in [0.4, 0.5) is 13.2 Å². The van der Waals surface area contributed by atoms with Crippen molar-refractivity contribution < 1.29 is 36.9 Å². The van der Waals surface area contributed by atoms with Crippen molar-refractivity contribution in [3.05, 3.63) is 32.6 Å². The van der Waals surface area contributed by atoms with Crippen LogP contribution in [-0.4, -0.2) is 54.4 Å². The van der Waals surface area contributed by atoms with E-state index in [2.05, 4.69) is 5.92 Å². The lowest BCUT2D eigenvalue weighted by atomic mass is 10.2. The number of aromatic nitrogens is 2. The third kappa shape index (κ3) is 5.13. The predicted octanol–water partition coefficient (Wildman–Crippen LogP) is 0.615. The Labute approximate surface area is 162 Å². The molecule has 0 unspecified atom stereocenters. The molecule has 9 nitrogen and oxygen atoms in total. The van der Waals surface area contributed by atoms with Gasteiger partial charge in [-0.05, 0) is 0 Å². The number of carbonyl (C=O) groups excluding carboxylic acids is 1. The van der Waals surface area contributed by atoms with Crippen LogP contribution >= 0.6 is 0 Å². The molecule has 1 aliphatic heterocycles. The molecule has 1 aromatic heterocycles. The highest BCUT2D eigenvalue weighted by atomic mass is 19.4. The second-order valence-corrected chi connectivity index (χ2v) is 6.09. The van der Waals surface area contributed by atoms with Gasteiger partial charge >= 0.3 is 11.9 Å². The van der Waals surface area contributed by atoms with Gasteiger partial charge in [0.1, 0.15) is 31.3 Å². The van der Waals surface area contributed by atoms with E-state index in [1.54, 1.807) is 0 Å². The standard InChI is InChI=1S/C17H19F3N2O7/c1-4-5-28-12-6-14(29-13(12)8-27-9-26-3)21-7-11(17(18,19)20)15(24)22(10(2)23)16(21)25/h1,7,12-14H,5-6,8-9H2,2-3H3/t12-,13+,14+/m0/s1. The molecule has 0 aliphatic carbocycles. The number of nitrogens with zero attached hydrogens (tertiary/aromatic N) is 2. The lowest BCUT2D eigenvalue weighted by Gasteiger charge is -2.19. The predicted molar refractivity (Wildman–Crippen MR) is 91.2 cm³/mol. The Kier molecular flexibility index (Phi) is 7.37. The SMILES string of the molecule is C#CCO[C@H]1C[C@H](n2cc(C(F)(F)F)c(=O)n(C(C)=O)c2=O)O[C@@H]1COCOC. The van der Waals surface area contributed by atoms with Crippen LogP contribution in [0.1, 0.15) is 29.9 Å².